The average molecular weight is 267 g/mol. The number of carbonyl (C=O) groups excluding carboxylic acids is 1. The van der Waals surface area contributed by atoms with Crippen molar-refractivity contribution in [1.29, 1.82) is 0 Å². The first-order valence-corrected chi connectivity index (χ1v) is 5.77. The second-order valence-corrected chi connectivity index (χ2v) is 4.08. The van der Waals surface area contributed by atoms with Crippen molar-refractivity contribution in [2.24, 2.45) is 10.9 Å². The van der Waals surface area contributed by atoms with Crippen molar-refractivity contribution >= 4 is 11.7 Å². The molecule has 104 valence electrons. The fourth-order valence-electron chi connectivity index (χ4n) is 1.57. The molecule has 0 aliphatic heterocycles. The zero-order valence-corrected chi connectivity index (χ0v) is 10.5. The zero-order chi connectivity index (χ0) is 14.4. The lowest BCUT2D eigenvalue weighted by Gasteiger charge is -2.16. The maximum absolute atomic E-state index is 11.9. The number of aromatic hydroxyl groups is 2. The van der Waals surface area contributed by atoms with Gasteiger partial charge in [0.25, 0.3) is 5.91 Å². The van der Waals surface area contributed by atoms with Gasteiger partial charge in [0.05, 0.1) is 5.56 Å². The van der Waals surface area contributed by atoms with Gasteiger partial charge in [-0.1, -0.05) is 12.1 Å². The Morgan fingerprint density at radius 2 is 2.16 bits per heavy atom. The van der Waals surface area contributed by atoms with Crippen LogP contribution in [0.1, 0.15) is 30.1 Å². The van der Waals surface area contributed by atoms with Gasteiger partial charge in [0.15, 0.2) is 0 Å². The van der Waals surface area contributed by atoms with E-state index in [1.54, 1.807) is 0 Å². The van der Waals surface area contributed by atoms with Crippen molar-refractivity contribution in [3.63, 3.8) is 0 Å². The van der Waals surface area contributed by atoms with E-state index < -0.39 is 5.91 Å². The molecule has 1 unspecified atom stereocenters. The number of amidine groups is 1. The fourth-order valence-corrected chi connectivity index (χ4v) is 1.57. The number of phenolic OH excluding ortho intramolecular Hbond substituents is 2. The normalized spacial score (nSPS) is 13.0. The summed E-state index contributed by atoms with van der Waals surface area (Å²) in [5.41, 5.74) is 5.43. The molecule has 0 fully saturated rings. The summed E-state index contributed by atoms with van der Waals surface area (Å²) in [7, 11) is 0. The quantitative estimate of drug-likeness (QED) is 0.233. The third kappa shape index (κ3) is 4.06. The smallest absolute Gasteiger partial charge is 0.255 e. The van der Waals surface area contributed by atoms with Gasteiger partial charge < -0.3 is 26.5 Å². The van der Waals surface area contributed by atoms with Crippen molar-refractivity contribution in [3.05, 3.63) is 23.8 Å². The molecule has 1 aromatic rings. The number of nitrogens with zero attached hydrogens (tertiary/aromatic N) is 1. The summed E-state index contributed by atoms with van der Waals surface area (Å²) in [6.45, 7) is 1.84. The molecule has 19 heavy (non-hydrogen) atoms. The number of benzene rings is 1. The van der Waals surface area contributed by atoms with E-state index in [0.29, 0.717) is 6.42 Å². The number of carbonyl (C=O) groups is 1. The minimum absolute atomic E-state index is 0.0158. The summed E-state index contributed by atoms with van der Waals surface area (Å²) in [6, 6.07) is 3.39. The van der Waals surface area contributed by atoms with Crippen LogP contribution in [0.2, 0.25) is 0 Å². The van der Waals surface area contributed by atoms with Crippen LogP contribution < -0.4 is 11.1 Å². The van der Waals surface area contributed by atoms with Crippen LogP contribution in [0.3, 0.4) is 0 Å². The van der Waals surface area contributed by atoms with Gasteiger partial charge in [-0.15, -0.1) is 0 Å². The molecule has 1 aromatic carbocycles. The molecular formula is C12H17N3O4. The monoisotopic (exact) mass is 267 g/mol. The summed E-state index contributed by atoms with van der Waals surface area (Å²) in [4.78, 5) is 11.9. The van der Waals surface area contributed by atoms with Crippen LogP contribution in [-0.4, -0.2) is 33.2 Å². The number of nitrogens with two attached hydrogens (primary N) is 1. The van der Waals surface area contributed by atoms with Gasteiger partial charge in [0.2, 0.25) is 0 Å². The Balaban J connectivity index is 2.77. The van der Waals surface area contributed by atoms with E-state index in [-0.39, 0.29) is 35.4 Å². The molecule has 0 bridgehead atoms. The number of amides is 1. The van der Waals surface area contributed by atoms with Crippen LogP contribution in [-0.2, 0) is 0 Å². The molecular weight excluding hydrogens is 250 g/mol. The summed E-state index contributed by atoms with van der Waals surface area (Å²) in [5.74, 6) is -0.911. The number of hydrogen-bond acceptors (Lipinski definition) is 5. The molecule has 0 aliphatic carbocycles. The summed E-state index contributed by atoms with van der Waals surface area (Å²) >= 11 is 0. The highest BCUT2D eigenvalue weighted by molar-refractivity contribution is 5.97. The Bertz CT molecular complexity index is 488. The molecule has 0 heterocycles. The standard InChI is InChI=1S/C12H17N3O4/c1-2-7(5-11(13)15-19)14-12(18)9-4-3-8(16)6-10(9)17/h3-4,6-7,16-17,19H,2,5H2,1H3,(H2,13,15)(H,14,18). The van der Waals surface area contributed by atoms with Gasteiger partial charge in [-0.3, -0.25) is 4.79 Å². The Morgan fingerprint density at radius 1 is 1.47 bits per heavy atom. The highest BCUT2D eigenvalue weighted by Gasteiger charge is 2.16. The van der Waals surface area contributed by atoms with Crippen LogP contribution in [0, 0.1) is 0 Å². The summed E-state index contributed by atoms with van der Waals surface area (Å²) in [5, 5.41) is 32.7. The van der Waals surface area contributed by atoms with Gasteiger partial charge in [0, 0.05) is 18.5 Å². The molecule has 1 atom stereocenters. The minimum Gasteiger partial charge on any atom is -0.508 e. The fraction of sp³-hybridized carbons (Fsp3) is 0.333. The number of phenols is 2. The largest absolute Gasteiger partial charge is 0.508 e. The second kappa shape index (κ2) is 6.48. The van der Waals surface area contributed by atoms with Gasteiger partial charge in [-0.2, -0.15) is 0 Å². The van der Waals surface area contributed by atoms with E-state index >= 15 is 0 Å². The van der Waals surface area contributed by atoms with Gasteiger partial charge >= 0.3 is 0 Å². The predicted octanol–water partition coefficient (Wildman–Crippen LogP) is 0.743. The molecule has 7 nitrogen and oxygen atoms in total. The van der Waals surface area contributed by atoms with E-state index in [2.05, 4.69) is 10.5 Å². The Hall–Kier alpha value is -2.44. The van der Waals surface area contributed by atoms with Crippen molar-refractivity contribution in [1.82, 2.24) is 5.32 Å². The second-order valence-electron chi connectivity index (χ2n) is 4.08. The molecule has 7 heteroatoms. The minimum atomic E-state index is -0.491. The molecule has 0 aromatic heterocycles. The first-order valence-electron chi connectivity index (χ1n) is 5.77. The van der Waals surface area contributed by atoms with Gasteiger partial charge in [0.1, 0.15) is 17.3 Å². The average Bonchev–Trinajstić information content (AvgIpc) is 2.37. The topological polar surface area (TPSA) is 128 Å². The highest BCUT2D eigenvalue weighted by atomic mass is 16.4. The Kier molecular flexibility index (Phi) is 4.99. The number of oxime groups is 1. The zero-order valence-electron chi connectivity index (χ0n) is 10.5. The number of hydrogen-bond donors (Lipinski definition) is 5. The van der Waals surface area contributed by atoms with E-state index in [1.165, 1.54) is 12.1 Å². The molecule has 0 aliphatic rings. The number of rotatable bonds is 5. The predicted molar refractivity (Wildman–Crippen MR) is 69.3 cm³/mol. The van der Waals surface area contributed by atoms with Crippen LogP contribution in [0.4, 0.5) is 0 Å². The lowest BCUT2D eigenvalue weighted by Crippen LogP contribution is -2.37. The van der Waals surface area contributed by atoms with Gasteiger partial charge in [-0.25, -0.2) is 0 Å². The van der Waals surface area contributed by atoms with Crippen LogP contribution in [0.5, 0.6) is 11.5 Å². The van der Waals surface area contributed by atoms with E-state index in [9.17, 15) is 9.90 Å². The van der Waals surface area contributed by atoms with Crippen molar-refractivity contribution in [3.8, 4) is 11.5 Å². The molecule has 0 radical (unpaired) electrons. The molecule has 0 saturated heterocycles. The van der Waals surface area contributed by atoms with Crippen LogP contribution >= 0.6 is 0 Å². The first-order chi connectivity index (χ1) is 8.97. The van der Waals surface area contributed by atoms with Crippen molar-refractivity contribution in [2.75, 3.05) is 0 Å². The molecule has 0 saturated carbocycles. The van der Waals surface area contributed by atoms with Crippen molar-refractivity contribution in [2.45, 2.75) is 25.8 Å². The van der Waals surface area contributed by atoms with Gasteiger partial charge in [-0.05, 0) is 18.6 Å². The Labute approximate surface area is 110 Å². The lowest BCUT2D eigenvalue weighted by molar-refractivity contribution is 0.0934. The van der Waals surface area contributed by atoms with Crippen LogP contribution in [0.15, 0.2) is 23.4 Å². The third-order valence-corrected chi connectivity index (χ3v) is 2.64. The molecule has 0 spiro atoms. The van der Waals surface area contributed by atoms with Crippen molar-refractivity contribution < 1.29 is 20.2 Å². The maximum atomic E-state index is 11.9. The molecule has 1 amide bonds. The lowest BCUT2D eigenvalue weighted by atomic mass is 10.1. The van der Waals surface area contributed by atoms with Crippen LogP contribution in [0.25, 0.3) is 0 Å². The van der Waals surface area contributed by atoms with E-state index in [1.807, 2.05) is 6.92 Å². The number of nitrogens with one attached hydrogen (secondary N) is 1. The third-order valence-electron chi connectivity index (χ3n) is 2.64. The summed E-state index contributed by atoms with van der Waals surface area (Å²) in [6.07, 6.45) is 0.790. The maximum Gasteiger partial charge on any atom is 0.255 e. The first kappa shape index (κ1) is 14.6. The van der Waals surface area contributed by atoms with E-state index in [4.69, 9.17) is 16.0 Å². The molecule has 1 rings (SSSR count). The summed E-state index contributed by atoms with van der Waals surface area (Å²) < 4.78 is 0. The molecule has 6 N–H and O–H groups in total. The highest BCUT2D eigenvalue weighted by Crippen LogP contribution is 2.22. The van der Waals surface area contributed by atoms with E-state index in [0.717, 1.165) is 6.07 Å². The SMILES string of the molecule is CCC(C/C(N)=N/O)NC(=O)c1ccc(O)cc1O. The Morgan fingerprint density at radius 3 is 2.68 bits per heavy atom.